The summed E-state index contributed by atoms with van der Waals surface area (Å²) in [4.78, 5) is 0. The van der Waals surface area contributed by atoms with Crippen molar-refractivity contribution in [2.45, 2.75) is 19.4 Å². The van der Waals surface area contributed by atoms with Crippen molar-refractivity contribution in [1.82, 2.24) is 0 Å². The number of aliphatic hydroxyl groups excluding tert-OH is 1. The van der Waals surface area contributed by atoms with E-state index in [0.29, 0.717) is 6.42 Å². The molecule has 1 aromatic carbocycles. The lowest BCUT2D eigenvalue weighted by molar-refractivity contribution is 0.276. The van der Waals surface area contributed by atoms with Crippen molar-refractivity contribution in [3.8, 4) is 5.75 Å². The summed E-state index contributed by atoms with van der Waals surface area (Å²) in [5.41, 5.74) is 8.07. The minimum absolute atomic E-state index is 0.0962. The molecule has 0 fully saturated rings. The van der Waals surface area contributed by atoms with Gasteiger partial charge in [0.15, 0.2) is 0 Å². The van der Waals surface area contributed by atoms with Crippen LogP contribution >= 0.6 is 15.9 Å². The lowest BCUT2D eigenvalue weighted by Gasteiger charge is -2.15. The highest BCUT2D eigenvalue weighted by Gasteiger charge is 2.12. The molecule has 0 spiro atoms. The second kappa shape index (κ2) is 5.49. The molecular weight excluding hydrogens is 258 g/mol. The monoisotopic (exact) mass is 273 g/mol. The zero-order chi connectivity index (χ0) is 11.4. The molecule has 0 aromatic heterocycles. The largest absolute Gasteiger partial charge is 0.496 e. The molecule has 15 heavy (non-hydrogen) atoms. The zero-order valence-corrected chi connectivity index (χ0v) is 10.5. The molecule has 0 heterocycles. The maximum absolute atomic E-state index is 8.85. The number of hydrogen-bond acceptors (Lipinski definition) is 3. The van der Waals surface area contributed by atoms with E-state index in [4.69, 9.17) is 15.6 Å². The van der Waals surface area contributed by atoms with Gasteiger partial charge in [-0.1, -0.05) is 0 Å². The molecule has 0 saturated carbocycles. The van der Waals surface area contributed by atoms with E-state index in [1.54, 1.807) is 7.11 Å². The third-order valence-electron chi connectivity index (χ3n) is 2.38. The van der Waals surface area contributed by atoms with Gasteiger partial charge in [0.1, 0.15) is 5.75 Å². The smallest absolute Gasteiger partial charge is 0.133 e. The van der Waals surface area contributed by atoms with Gasteiger partial charge in [0.2, 0.25) is 0 Å². The Balaban J connectivity index is 3.06. The van der Waals surface area contributed by atoms with Crippen LogP contribution in [0.1, 0.15) is 23.6 Å². The van der Waals surface area contributed by atoms with E-state index >= 15 is 0 Å². The molecule has 3 N–H and O–H groups in total. The average molecular weight is 274 g/mol. The first-order valence-electron chi connectivity index (χ1n) is 4.80. The first kappa shape index (κ1) is 12.5. The van der Waals surface area contributed by atoms with Crippen LogP contribution in [-0.4, -0.2) is 18.8 Å². The molecule has 0 amide bonds. The maximum Gasteiger partial charge on any atom is 0.133 e. The fourth-order valence-electron chi connectivity index (χ4n) is 1.52. The van der Waals surface area contributed by atoms with E-state index in [2.05, 4.69) is 15.9 Å². The molecule has 0 saturated heterocycles. The van der Waals surface area contributed by atoms with Crippen LogP contribution in [0.4, 0.5) is 0 Å². The Morgan fingerprint density at radius 3 is 2.73 bits per heavy atom. The number of benzene rings is 1. The van der Waals surface area contributed by atoms with Crippen LogP contribution in [0.2, 0.25) is 0 Å². The van der Waals surface area contributed by atoms with E-state index in [-0.39, 0.29) is 12.6 Å². The van der Waals surface area contributed by atoms with Gasteiger partial charge < -0.3 is 15.6 Å². The highest BCUT2D eigenvalue weighted by Crippen LogP contribution is 2.31. The van der Waals surface area contributed by atoms with E-state index in [9.17, 15) is 0 Å². The van der Waals surface area contributed by atoms with Crippen molar-refractivity contribution in [3.63, 3.8) is 0 Å². The molecule has 1 aromatic rings. The van der Waals surface area contributed by atoms with Crippen LogP contribution < -0.4 is 10.5 Å². The Hall–Kier alpha value is -0.580. The summed E-state index contributed by atoms with van der Waals surface area (Å²) < 4.78 is 6.12. The van der Waals surface area contributed by atoms with E-state index in [1.165, 1.54) is 0 Å². The highest BCUT2D eigenvalue weighted by atomic mass is 79.9. The molecule has 0 aliphatic carbocycles. The summed E-state index contributed by atoms with van der Waals surface area (Å²) in [6.07, 6.45) is 0.561. The maximum atomic E-state index is 8.85. The number of aryl methyl sites for hydroxylation is 1. The van der Waals surface area contributed by atoms with Gasteiger partial charge in [-0.25, -0.2) is 0 Å². The Bertz CT molecular complexity index is 342. The van der Waals surface area contributed by atoms with Crippen molar-refractivity contribution in [2.75, 3.05) is 13.7 Å². The number of halogens is 1. The third-order valence-corrected chi connectivity index (χ3v) is 3.00. The van der Waals surface area contributed by atoms with Crippen molar-refractivity contribution >= 4 is 15.9 Å². The Morgan fingerprint density at radius 1 is 1.53 bits per heavy atom. The number of ether oxygens (including phenoxy) is 1. The van der Waals surface area contributed by atoms with Gasteiger partial charge in [-0.2, -0.15) is 0 Å². The predicted molar refractivity (Wildman–Crippen MR) is 64.1 cm³/mol. The molecule has 4 heteroatoms. The topological polar surface area (TPSA) is 55.5 Å². The minimum atomic E-state index is -0.142. The fraction of sp³-hybridized carbons (Fsp3) is 0.455. The Morgan fingerprint density at radius 2 is 2.20 bits per heavy atom. The molecule has 0 aliphatic heterocycles. The standard InChI is InChI=1S/C11H16BrNO2/c1-7-5-9(12)11(15-2)6-8(7)10(13)3-4-14/h5-6,10,14H,3-4,13H2,1-2H3. The SMILES string of the molecule is COc1cc(C(N)CCO)c(C)cc1Br. The van der Waals surface area contributed by atoms with E-state index in [1.807, 2.05) is 19.1 Å². The minimum Gasteiger partial charge on any atom is -0.496 e. The summed E-state index contributed by atoms with van der Waals surface area (Å²) in [6, 6.07) is 3.75. The summed E-state index contributed by atoms with van der Waals surface area (Å²) in [5.74, 6) is 0.768. The van der Waals surface area contributed by atoms with Crippen molar-refractivity contribution in [1.29, 1.82) is 0 Å². The van der Waals surface area contributed by atoms with Crippen molar-refractivity contribution in [2.24, 2.45) is 5.73 Å². The van der Waals surface area contributed by atoms with Crippen LogP contribution in [-0.2, 0) is 0 Å². The van der Waals surface area contributed by atoms with Crippen LogP contribution in [0.25, 0.3) is 0 Å². The van der Waals surface area contributed by atoms with E-state index in [0.717, 1.165) is 21.3 Å². The lowest BCUT2D eigenvalue weighted by Crippen LogP contribution is -2.13. The summed E-state index contributed by atoms with van der Waals surface area (Å²) in [5, 5.41) is 8.85. The fourth-order valence-corrected chi connectivity index (χ4v) is 2.14. The van der Waals surface area contributed by atoms with Gasteiger partial charge in [0.25, 0.3) is 0 Å². The molecule has 3 nitrogen and oxygen atoms in total. The first-order valence-corrected chi connectivity index (χ1v) is 5.60. The summed E-state index contributed by atoms with van der Waals surface area (Å²) >= 11 is 3.41. The lowest BCUT2D eigenvalue weighted by atomic mass is 9.99. The van der Waals surface area contributed by atoms with Gasteiger partial charge in [0.05, 0.1) is 11.6 Å². The predicted octanol–water partition coefficient (Wildman–Crippen LogP) is 2.15. The molecule has 1 atom stereocenters. The third kappa shape index (κ3) is 2.93. The molecule has 84 valence electrons. The number of rotatable bonds is 4. The van der Waals surface area contributed by atoms with Crippen molar-refractivity contribution < 1.29 is 9.84 Å². The molecule has 0 aliphatic rings. The Labute approximate surface area is 98.4 Å². The van der Waals surface area contributed by atoms with E-state index < -0.39 is 0 Å². The van der Waals surface area contributed by atoms with Gasteiger partial charge in [-0.05, 0) is 52.5 Å². The van der Waals surface area contributed by atoms with Crippen LogP contribution in [0.15, 0.2) is 16.6 Å². The Kier molecular flexibility index (Phi) is 4.57. The number of hydrogen-bond donors (Lipinski definition) is 2. The van der Waals surface area contributed by atoms with Crippen LogP contribution in [0, 0.1) is 6.92 Å². The number of methoxy groups -OCH3 is 1. The van der Waals surface area contributed by atoms with Crippen LogP contribution in [0.5, 0.6) is 5.75 Å². The molecular formula is C11H16BrNO2. The molecule has 0 bridgehead atoms. The van der Waals surface area contributed by atoms with Crippen molar-refractivity contribution in [3.05, 3.63) is 27.7 Å². The second-order valence-electron chi connectivity index (χ2n) is 3.46. The van der Waals surface area contributed by atoms with Crippen LogP contribution in [0.3, 0.4) is 0 Å². The number of nitrogens with two attached hydrogens (primary N) is 1. The molecule has 1 unspecified atom stereocenters. The summed E-state index contributed by atoms with van der Waals surface area (Å²) in [7, 11) is 1.62. The molecule has 0 radical (unpaired) electrons. The second-order valence-corrected chi connectivity index (χ2v) is 4.32. The quantitative estimate of drug-likeness (QED) is 0.884. The zero-order valence-electron chi connectivity index (χ0n) is 8.96. The number of aliphatic hydroxyl groups is 1. The van der Waals surface area contributed by atoms with Gasteiger partial charge in [-0.3, -0.25) is 0 Å². The van der Waals surface area contributed by atoms with Gasteiger partial charge in [0, 0.05) is 12.6 Å². The van der Waals surface area contributed by atoms with Gasteiger partial charge in [-0.15, -0.1) is 0 Å². The summed E-state index contributed by atoms with van der Waals surface area (Å²) in [6.45, 7) is 2.09. The highest BCUT2D eigenvalue weighted by molar-refractivity contribution is 9.10. The van der Waals surface area contributed by atoms with Gasteiger partial charge >= 0.3 is 0 Å². The first-order chi connectivity index (χ1) is 7.10. The average Bonchev–Trinajstić information content (AvgIpc) is 2.18. The molecule has 1 rings (SSSR count). The normalized spacial score (nSPS) is 12.6.